The fourth-order valence-corrected chi connectivity index (χ4v) is 2.71. The summed E-state index contributed by atoms with van der Waals surface area (Å²) in [6.07, 6.45) is 11.2. The zero-order valence-electron chi connectivity index (χ0n) is 11.6. The van der Waals surface area contributed by atoms with Crippen LogP contribution in [0.5, 0.6) is 0 Å². The predicted octanol–water partition coefficient (Wildman–Crippen LogP) is 5.12. The predicted molar refractivity (Wildman–Crippen MR) is 85.1 cm³/mol. The van der Waals surface area contributed by atoms with Crippen molar-refractivity contribution in [2.75, 3.05) is 0 Å². The molecule has 0 saturated carbocycles. The van der Waals surface area contributed by atoms with Gasteiger partial charge in [-0.15, -0.1) is 0 Å². The van der Waals surface area contributed by atoms with Gasteiger partial charge < -0.3 is 0 Å². The molecule has 0 amide bonds. The lowest BCUT2D eigenvalue weighted by atomic mass is 9.89. The summed E-state index contributed by atoms with van der Waals surface area (Å²) in [7, 11) is 0. The molecule has 0 saturated heterocycles. The third-order valence-corrected chi connectivity index (χ3v) is 3.76. The van der Waals surface area contributed by atoms with Crippen molar-refractivity contribution in [2.24, 2.45) is 0 Å². The summed E-state index contributed by atoms with van der Waals surface area (Å²) in [4.78, 5) is 4.52. The number of hydrogen-bond donors (Lipinski definition) is 0. The summed E-state index contributed by atoms with van der Waals surface area (Å²) >= 11 is 0. The Kier molecular flexibility index (Phi) is 4.07. The van der Waals surface area contributed by atoms with Crippen molar-refractivity contribution >= 4 is 11.6 Å². The number of benzene rings is 1. The normalized spacial score (nSPS) is 15.8. The van der Waals surface area contributed by atoms with E-state index in [1.807, 2.05) is 12.3 Å². The molecule has 0 atom stereocenters. The molecule has 1 heteroatoms. The molecule has 0 bridgehead atoms. The molecule has 0 unspecified atom stereocenters. The maximum absolute atomic E-state index is 4.52. The first kappa shape index (κ1) is 12.9. The van der Waals surface area contributed by atoms with Gasteiger partial charge >= 0.3 is 0 Å². The summed E-state index contributed by atoms with van der Waals surface area (Å²) in [5.41, 5.74) is 5.26. The van der Waals surface area contributed by atoms with Crippen molar-refractivity contribution < 1.29 is 0 Å². The number of rotatable bonds is 3. The van der Waals surface area contributed by atoms with Crippen molar-refractivity contribution in [3.63, 3.8) is 0 Å². The van der Waals surface area contributed by atoms with E-state index in [9.17, 15) is 0 Å². The highest BCUT2D eigenvalue weighted by Gasteiger charge is 2.13. The molecule has 0 fully saturated rings. The SMILES string of the molecule is C(=C\c1ccccc1)/C1=C(c2ccccn2)CCCC1. The highest BCUT2D eigenvalue weighted by molar-refractivity contribution is 5.71. The fraction of sp³-hybridized carbons (Fsp3) is 0.211. The van der Waals surface area contributed by atoms with Crippen LogP contribution < -0.4 is 0 Å². The van der Waals surface area contributed by atoms with E-state index in [4.69, 9.17) is 0 Å². The van der Waals surface area contributed by atoms with Gasteiger partial charge in [0.25, 0.3) is 0 Å². The number of hydrogen-bond acceptors (Lipinski definition) is 1. The molecule has 1 aromatic heterocycles. The van der Waals surface area contributed by atoms with Crippen LogP contribution in [0.2, 0.25) is 0 Å². The molecule has 2 aromatic rings. The summed E-state index contributed by atoms with van der Waals surface area (Å²) in [5, 5.41) is 0. The van der Waals surface area contributed by atoms with E-state index in [1.54, 1.807) is 0 Å². The molecule has 1 heterocycles. The number of aromatic nitrogens is 1. The minimum absolute atomic E-state index is 1.14. The quantitative estimate of drug-likeness (QED) is 0.747. The van der Waals surface area contributed by atoms with E-state index in [2.05, 4.69) is 59.6 Å². The van der Waals surface area contributed by atoms with Gasteiger partial charge in [-0.2, -0.15) is 0 Å². The van der Waals surface area contributed by atoms with Crippen LogP contribution in [0.4, 0.5) is 0 Å². The van der Waals surface area contributed by atoms with Crippen LogP contribution in [-0.2, 0) is 0 Å². The fourth-order valence-electron chi connectivity index (χ4n) is 2.71. The topological polar surface area (TPSA) is 12.9 Å². The number of pyridine rings is 1. The molecule has 1 nitrogen and oxygen atoms in total. The summed E-state index contributed by atoms with van der Waals surface area (Å²) in [6.45, 7) is 0. The highest BCUT2D eigenvalue weighted by Crippen LogP contribution is 2.32. The van der Waals surface area contributed by atoms with E-state index in [0.717, 1.165) is 18.5 Å². The third kappa shape index (κ3) is 3.05. The Labute approximate surface area is 120 Å². The van der Waals surface area contributed by atoms with E-state index in [1.165, 1.54) is 29.6 Å². The van der Waals surface area contributed by atoms with Crippen molar-refractivity contribution in [2.45, 2.75) is 25.7 Å². The number of nitrogens with zero attached hydrogens (tertiary/aromatic N) is 1. The van der Waals surface area contributed by atoms with Crippen molar-refractivity contribution in [3.05, 3.63) is 77.6 Å². The largest absolute Gasteiger partial charge is 0.257 e. The van der Waals surface area contributed by atoms with Crippen LogP contribution >= 0.6 is 0 Å². The monoisotopic (exact) mass is 261 g/mol. The first-order chi connectivity index (χ1) is 9.93. The minimum Gasteiger partial charge on any atom is -0.257 e. The van der Waals surface area contributed by atoms with Gasteiger partial charge in [0.2, 0.25) is 0 Å². The molecule has 3 rings (SSSR count). The summed E-state index contributed by atoms with van der Waals surface area (Å²) in [5.74, 6) is 0. The minimum atomic E-state index is 1.14. The van der Waals surface area contributed by atoms with Crippen LogP contribution in [0.25, 0.3) is 11.6 Å². The Morgan fingerprint density at radius 2 is 1.60 bits per heavy atom. The second-order valence-corrected chi connectivity index (χ2v) is 5.17. The van der Waals surface area contributed by atoms with Gasteiger partial charge in [0.05, 0.1) is 5.69 Å². The Morgan fingerprint density at radius 3 is 2.40 bits per heavy atom. The highest BCUT2D eigenvalue weighted by atomic mass is 14.7. The molecule has 1 aliphatic carbocycles. The molecular weight excluding hydrogens is 242 g/mol. The van der Waals surface area contributed by atoms with Crippen LogP contribution in [0, 0.1) is 0 Å². The second kappa shape index (κ2) is 6.33. The van der Waals surface area contributed by atoms with Crippen molar-refractivity contribution in [1.82, 2.24) is 4.98 Å². The molecule has 0 radical (unpaired) electrons. The molecule has 20 heavy (non-hydrogen) atoms. The maximum Gasteiger partial charge on any atom is 0.0664 e. The van der Waals surface area contributed by atoms with Gasteiger partial charge in [-0.25, -0.2) is 0 Å². The molecule has 0 spiro atoms. The lowest BCUT2D eigenvalue weighted by molar-refractivity contribution is 0.722. The summed E-state index contributed by atoms with van der Waals surface area (Å²) in [6, 6.07) is 16.7. The van der Waals surface area contributed by atoms with Gasteiger partial charge in [-0.05, 0) is 54.5 Å². The van der Waals surface area contributed by atoms with Crippen molar-refractivity contribution in [3.8, 4) is 0 Å². The van der Waals surface area contributed by atoms with Gasteiger partial charge in [-0.1, -0.05) is 48.6 Å². The van der Waals surface area contributed by atoms with Crippen LogP contribution in [0.3, 0.4) is 0 Å². The standard InChI is InChI=1S/C19H19N/c1-2-8-16(9-3-1)13-14-17-10-4-5-11-18(17)19-12-6-7-15-20-19/h1-3,6-9,12-15H,4-5,10-11H2/b14-13+. The van der Waals surface area contributed by atoms with Gasteiger partial charge in [0, 0.05) is 6.20 Å². The smallest absolute Gasteiger partial charge is 0.0664 e. The Bertz CT molecular complexity index is 609. The molecular formula is C19H19N. The van der Waals surface area contributed by atoms with E-state index < -0.39 is 0 Å². The van der Waals surface area contributed by atoms with Gasteiger partial charge in [0.15, 0.2) is 0 Å². The third-order valence-electron chi connectivity index (χ3n) is 3.76. The van der Waals surface area contributed by atoms with Gasteiger partial charge in [0.1, 0.15) is 0 Å². The zero-order chi connectivity index (χ0) is 13.6. The molecule has 100 valence electrons. The molecule has 0 aliphatic heterocycles. The number of allylic oxidation sites excluding steroid dienone is 3. The van der Waals surface area contributed by atoms with E-state index >= 15 is 0 Å². The lowest BCUT2D eigenvalue weighted by Gasteiger charge is -2.17. The Hall–Kier alpha value is -2.15. The van der Waals surface area contributed by atoms with Crippen LogP contribution in [-0.4, -0.2) is 4.98 Å². The Morgan fingerprint density at radius 1 is 0.800 bits per heavy atom. The van der Waals surface area contributed by atoms with Gasteiger partial charge in [-0.3, -0.25) is 4.98 Å². The Balaban J connectivity index is 1.92. The first-order valence-electron chi connectivity index (χ1n) is 7.30. The average molecular weight is 261 g/mol. The molecule has 1 aliphatic rings. The lowest BCUT2D eigenvalue weighted by Crippen LogP contribution is -1.99. The maximum atomic E-state index is 4.52. The van der Waals surface area contributed by atoms with E-state index in [0.29, 0.717) is 0 Å². The van der Waals surface area contributed by atoms with E-state index in [-0.39, 0.29) is 0 Å². The zero-order valence-corrected chi connectivity index (χ0v) is 11.6. The molecule has 0 N–H and O–H groups in total. The average Bonchev–Trinajstić information content (AvgIpc) is 2.55. The van der Waals surface area contributed by atoms with Crippen LogP contribution in [0.1, 0.15) is 36.9 Å². The van der Waals surface area contributed by atoms with Crippen molar-refractivity contribution in [1.29, 1.82) is 0 Å². The van der Waals surface area contributed by atoms with Crippen LogP contribution in [0.15, 0.2) is 66.4 Å². The summed E-state index contributed by atoms with van der Waals surface area (Å²) < 4.78 is 0. The second-order valence-electron chi connectivity index (χ2n) is 5.17. The molecule has 1 aromatic carbocycles. The first-order valence-corrected chi connectivity index (χ1v) is 7.30.